The van der Waals surface area contributed by atoms with Gasteiger partial charge in [0, 0.05) is 0 Å². The third-order valence-corrected chi connectivity index (χ3v) is 6.40. The van der Waals surface area contributed by atoms with Crippen molar-refractivity contribution >= 4 is 44.9 Å². The van der Waals surface area contributed by atoms with Crippen molar-refractivity contribution in [2.45, 2.75) is 44.6 Å². The van der Waals surface area contributed by atoms with Gasteiger partial charge in [0.05, 0.1) is 23.4 Å². The molecule has 1 amide bonds. The van der Waals surface area contributed by atoms with Gasteiger partial charge in [-0.2, -0.15) is 0 Å². The number of hydrogen-bond donors (Lipinski definition) is 1. The molecule has 152 valence electrons. The van der Waals surface area contributed by atoms with E-state index in [1.54, 1.807) is 0 Å². The molecule has 1 aliphatic rings. The maximum atomic E-state index is 13.7. The lowest BCUT2D eigenvalue weighted by Gasteiger charge is -2.27. The zero-order chi connectivity index (χ0) is 20.4. The van der Waals surface area contributed by atoms with Crippen LogP contribution in [0.25, 0.3) is 10.9 Å². The molecule has 3 aromatic rings. The molecule has 9 heteroatoms. The Morgan fingerprint density at radius 3 is 2.83 bits per heavy atom. The number of thiazole rings is 1. The second-order valence-electron chi connectivity index (χ2n) is 7.33. The van der Waals surface area contributed by atoms with E-state index in [1.807, 2.05) is 0 Å². The SMILES string of the molecule is O=C(Nc1ncc(Cl)s1)C(CC1CCCCC1)n1cnc2ccc(F)cc2c1=O. The van der Waals surface area contributed by atoms with E-state index in [-0.39, 0.29) is 11.3 Å². The summed E-state index contributed by atoms with van der Waals surface area (Å²) in [5.41, 5.74) is -0.0289. The summed E-state index contributed by atoms with van der Waals surface area (Å²) < 4.78 is 15.5. The maximum absolute atomic E-state index is 13.7. The molecule has 1 aliphatic carbocycles. The second kappa shape index (κ2) is 8.59. The molecule has 1 saturated carbocycles. The minimum Gasteiger partial charge on any atom is -0.300 e. The highest BCUT2D eigenvalue weighted by molar-refractivity contribution is 7.19. The lowest BCUT2D eigenvalue weighted by atomic mass is 9.84. The topological polar surface area (TPSA) is 76.9 Å². The van der Waals surface area contributed by atoms with Crippen molar-refractivity contribution in [3.8, 4) is 0 Å². The molecular formula is C20H20ClFN4O2S. The minimum absolute atomic E-state index is 0.159. The number of carbonyl (C=O) groups excluding carboxylic acids is 1. The molecule has 0 radical (unpaired) electrons. The van der Waals surface area contributed by atoms with E-state index < -0.39 is 17.4 Å². The average molecular weight is 435 g/mol. The van der Waals surface area contributed by atoms with E-state index >= 15 is 0 Å². The van der Waals surface area contributed by atoms with Crippen LogP contribution < -0.4 is 10.9 Å². The van der Waals surface area contributed by atoms with Crippen LogP contribution in [0.5, 0.6) is 0 Å². The molecule has 4 rings (SSSR count). The van der Waals surface area contributed by atoms with Gasteiger partial charge >= 0.3 is 0 Å². The number of nitrogens with zero attached hydrogens (tertiary/aromatic N) is 3. The first-order valence-corrected chi connectivity index (χ1v) is 10.8. The Morgan fingerprint density at radius 1 is 1.31 bits per heavy atom. The van der Waals surface area contributed by atoms with Crippen molar-refractivity contribution in [3.63, 3.8) is 0 Å². The first-order valence-electron chi connectivity index (χ1n) is 9.60. The summed E-state index contributed by atoms with van der Waals surface area (Å²) in [5.74, 6) is -0.518. The van der Waals surface area contributed by atoms with Crippen LogP contribution in [0.2, 0.25) is 4.34 Å². The molecule has 0 spiro atoms. The van der Waals surface area contributed by atoms with Gasteiger partial charge in [-0.1, -0.05) is 55.0 Å². The number of aromatic nitrogens is 3. The Morgan fingerprint density at radius 2 is 2.10 bits per heavy atom. The fourth-order valence-corrected chi connectivity index (χ4v) is 4.73. The van der Waals surface area contributed by atoms with E-state index in [2.05, 4.69) is 15.3 Å². The number of fused-ring (bicyclic) bond motifs is 1. The Hall–Kier alpha value is -2.32. The van der Waals surface area contributed by atoms with Crippen molar-refractivity contribution < 1.29 is 9.18 Å². The summed E-state index contributed by atoms with van der Waals surface area (Å²) in [6, 6.07) is 3.13. The number of rotatable bonds is 5. The smallest absolute Gasteiger partial charge is 0.262 e. The van der Waals surface area contributed by atoms with Crippen LogP contribution in [-0.4, -0.2) is 20.4 Å². The summed E-state index contributed by atoms with van der Waals surface area (Å²) in [7, 11) is 0. The van der Waals surface area contributed by atoms with Gasteiger partial charge in [-0.05, 0) is 30.5 Å². The highest BCUT2D eigenvalue weighted by Gasteiger charge is 2.28. The Kier molecular flexibility index (Phi) is 5.91. The van der Waals surface area contributed by atoms with Gasteiger partial charge in [-0.3, -0.25) is 14.2 Å². The Labute approximate surface area is 175 Å². The molecular weight excluding hydrogens is 415 g/mol. The van der Waals surface area contributed by atoms with Crippen LogP contribution >= 0.6 is 22.9 Å². The van der Waals surface area contributed by atoms with Gasteiger partial charge in [0.2, 0.25) is 5.91 Å². The Bertz CT molecular complexity index is 1090. The molecule has 0 aliphatic heterocycles. The summed E-state index contributed by atoms with van der Waals surface area (Å²) in [5, 5.41) is 3.29. The summed E-state index contributed by atoms with van der Waals surface area (Å²) in [4.78, 5) is 34.5. The molecule has 6 nitrogen and oxygen atoms in total. The van der Waals surface area contributed by atoms with Crippen LogP contribution in [0.1, 0.15) is 44.6 Å². The van der Waals surface area contributed by atoms with E-state index in [9.17, 15) is 14.0 Å². The zero-order valence-electron chi connectivity index (χ0n) is 15.6. The first kappa shape index (κ1) is 20.0. The number of hydrogen-bond acceptors (Lipinski definition) is 5. The molecule has 1 N–H and O–H groups in total. The normalized spacial score (nSPS) is 16.1. The second-order valence-corrected chi connectivity index (χ2v) is 8.99. The van der Waals surface area contributed by atoms with Crippen LogP contribution in [-0.2, 0) is 4.79 Å². The first-order chi connectivity index (χ1) is 14.0. The lowest BCUT2D eigenvalue weighted by molar-refractivity contribution is -0.120. The maximum Gasteiger partial charge on any atom is 0.262 e. The van der Waals surface area contributed by atoms with E-state index in [1.165, 1.54) is 35.6 Å². The molecule has 0 saturated heterocycles. The van der Waals surface area contributed by atoms with Crippen LogP contribution in [0, 0.1) is 11.7 Å². The van der Waals surface area contributed by atoms with Crippen LogP contribution in [0.15, 0.2) is 35.5 Å². The number of carbonyl (C=O) groups is 1. The minimum atomic E-state index is -0.756. The molecule has 0 bridgehead atoms. The highest BCUT2D eigenvalue weighted by Crippen LogP contribution is 2.32. The third kappa shape index (κ3) is 4.48. The third-order valence-electron chi connectivity index (χ3n) is 5.37. The number of halogens is 2. The number of amides is 1. The van der Waals surface area contributed by atoms with E-state index in [0.29, 0.717) is 27.3 Å². The van der Waals surface area contributed by atoms with Crippen molar-refractivity contribution in [2.24, 2.45) is 5.92 Å². The van der Waals surface area contributed by atoms with Crippen molar-refractivity contribution in [1.29, 1.82) is 0 Å². The highest BCUT2D eigenvalue weighted by atomic mass is 35.5. The van der Waals surface area contributed by atoms with Crippen LogP contribution in [0.3, 0.4) is 0 Å². The van der Waals surface area contributed by atoms with Gasteiger partial charge in [-0.15, -0.1) is 0 Å². The van der Waals surface area contributed by atoms with Gasteiger partial charge in [-0.25, -0.2) is 14.4 Å². The summed E-state index contributed by atoms with van der Waals surface area (Å²) in [6.45, 7) is 0. The molecule has 1 atom stereocenters. The van der Waals surface area contributed by atoms with Gasteiger partial charge in [0.15, 0.2) is 5.13 Å². The fourth-order valence-electron chi connectivity index (χ4n) is 3.92. The monoisotopic (exact) mass is 434 g/mol. The fraction of sp³-hybridized carbons (Fsp3) is 0.400. The summed E-state index contributed by atoms with van der Waals surface area (Å²) >= 11 is 7.06. The predicted molar refractivity (Wildman–Crippen MR) is 112 cm³/mol. The molecule has 1 fully saturated rings. The lowest BCUT2D eigenvalue weighted by Crippen LogP contribution is -2.35. The van der Waals surface area contributed by atoms with Gasteiger partial charge < -0.3 is 5.32 Å². The molecule has 2 aromatic heterocycles. The largest absolute Gasteiger partial charge is 0.300 e. The molecule has 1 aromatic carbocycles. The van der Waals surface area contributed by atoms with E-state index in [4.69, 9.17) is 11.6 Å². The van der Waals surface area contributed by atoms with Crippen molar-refractivity contribution in [1.82, 2.24) is 14.5 Å². The standard InChI is InChI=1S/C20H20ClFN4O2S/c21-17-10-23-20(29-17)25-18(27)16(8-12-4-2-1-3-5-12)26-11-24-15-7-6-13(22)9-14(15)19(26)28/h6-7,9-12,16H,1-5,8H2,(H,23,25,27). The van der Waals surface area contributed by atoms with Gasteiger partial charge in [0.1, 0.15) is 16.2 Å². The number of anilines is 1. The van der Waals surface area contributed by atoms with Gasteiger partial charge in [0.25, 0.3) is 5.56 Å². The van der Waals surface area contributed by atoms with Crippen molar-refractivity contribution in [2.75, 3.05) is 5.32 Å². The molecule has 2 heterocycles. The zero-order valence-corrected chi connectivity index (χ0v) is 17.2. The molecule has 1 unspecified atom stereocenters. The summed E-state index contributed by atoms with van der Waals surface area (Å²) in [6.07, 6.45) is 8.85. The predicted octanol–water partition coefficient (Wildman–Crippen LogP) is 4.80. The average Bonchev–Trinajstić information content (AvgIpc) is 3.12. The quantitative estimate of drug-likeness (QED) is 0.626. The number of nitrogens with one attached hydrogen (secondary N) is 1. The van der Waals surface area contributed by atoms with Crippen LogP contribution in [0.4, 0.5) is 9.52 Å². The van der Waals surface area contributed by atoms with E-state index in [0.717, 1.165) is 43.1 Å². The van der Waals surface area contributed by atoms with Crippen molar-refractivity contribution in [3.05, 3.63) is 51.2 Å². The number of benzene rings is 1. The molecule has 29 heavy (non-hydrogen) atoms. The Balaban J connectivity index is 1.70.